The second kappa shape index (κ2) is 7.49. The third-order valence-corrected chi connectivity index (χ3v) is 5.38. The predicted octanol–water partition coefficient (Wildman–Crippen LogP) is 5.69. The van der Waals surface area contributed by atoms with Crippen LogP contribution in [0.3, 0.4) is 0 Å². The Labute approximate surface area is 121 Å². The number of hydrogen-bond acceptors (Lipinski definition) is 2. The minimum Gasteiger partial charge on any atom is -0.157 e. The van der Waals surface area contributed by atoms with Crippen molar-refractivity contribution < 1.29 is 0 Å². The van der Waals surface area contributed by atoms with E-state index >= 15 is 0 Å². The quantitative estimate of drug-likeness (QED) is 0.614. The fourth-order valence-corrected chi connectivity index (χ4v) is 3.91. The van der Waals surface area contributed by atoms with Crippen LogP contribution in [0.2, 0.25) is 0 Å². The number of benzene rings is 1. The van der Waals surface area contributed by atoms with Gasteiger partial charge in [0, 0.05) is 15.9 Å². The molecule has 0 spiro atoms. The summed E-state index contributed by atoms with van der Waals surface area (Å²) in [6.45, 7) is 13.6. The Morgan fingerprint density at radius 1 is 1.00 bits per heavy atom. The first kappa shape index (κ1) is 16.0. The van der Waals surface area contributed by atoms with E-state index in [4.69, 9.17) is 0 Å². The van der Waals surface area contributed by atoms with Crippen LogP contribution in [0.1, 0.15) is 44.4 Å². The molecule has 0 unspecified atom stereocenters. The van der Waals surface area contributed by atoms with E-state index in [1.807, 2.05) is 23.5 Å². The van der Waals surface area contributed by atoms with Crippen molar-refractivity contribution in [3.8, 4) is 0 Å². The van der Waals surface area contributed by atoms with Gasteiger partial charge in [0.25, 0.3) is 0 Å². The van der Waals surface area contributed by atoms with Crippen molar-refractivity contribution in [3.63, 3.8) is 0 Å². The van der Waals surface area contributed by atoms with E-state index in [0.29, 0.717) is 5.25 Å². The highest BCUT2D eigenvalue weighted by molar-refractivity contribution is 8.00. The summed E-state index contributed by atoms with van der Waals surface area (Å²) < 4.78 is 0. The summed E-state index contributed by atoms with van der Waals surface area (Å²) in [5, 5.41) is 0.656. The van der Waals surface area contributed by atoms with E-state index in [1.165, 1.54) is 27.3 Å². The fraction of sp³-hybridized carbons (Fsp3) is 0.625. The molecule has 0 heterocycles. The van der Waals surface area contributed by atoms with Crippen LogP contribution in [0.15, 0.2) is 17.0 Å². The molecule has 0 aliphatic heterocycles. The lowest BCUT2D eigenvalue weighted by molar-refractivity contribution is 0.750. The van der Waals surface area contributed by atoms with Crippen LogP contribution >= 0.6 is 23.5 Å². The van der Waals surface area contributed by atoms with Crippen LogP contribution in [-0.4, -0.2) is 11.0 Å². The van der Waals surface area contributed by atoms with Crippen molar-refractivity contribution in [2.75, 3.05) is 5.75 Å². The van der Waals surface area contributed by atoms with Crippen LogP contribution in [-0.2, 0) is 5.75 Å². The highest BCUT2D eigenvalue weighted by atomic mass is 32.2. The van der Waals surface area contributed by atoms with Gasteiger partial charge < -0.3 is 0 Å². The summed E-state index contributed by atoms with van der Waals surface area (Å²) in [6, 6.07) is 4.73. The van der Waals surface area contributed by atoms with E-state index in [1.54, 1.807) is 0 Å². The monoisotopic (exact) mass is 282 g/mol. The van der Waals surface area contributed by atoms with Gasteiger partial charge in [0.15, 0.2) is 0 Å². The van der Waals surface area contributed by atoms with Gasteiger partial charge in [-0.2, -0.15) is 11.8 Å². The van der Waals surface area contributed by atoms with Gasteiger partial charge in [-0.05, 0) is 42.2 Å². The molecule has 0 saturated heterocycles. The lowest BCUT2D eigenvalue weighted by Crippen LogP contribution is -1.96. The van der Waals surface area contributed by atoms with Crippen molar-refractivity contribution in [2.45, 2.75) is 57.4 Å². The molecule has 0 fully saturated rings. The number of rotatable bonds is 6. The summed E-state index contributed by atoms with van der Waals surface area (Å²) in [6.07, 6.45) is 0. The maximum absolute atomic E-state index is 2.37. The molecule has 0 aliphatic rings. The van der Waals surface area contributed by atoms with Crippen molar-refractivity contribution in [1.29, 1.82) is 0 Å². The molecule has 0 aliphatic carbocycles. The van der Waals surface area contributed by atoms with E-state index in [2.05, 4.69) is 53.7 Å². The summed E-state index contributed by atoms with van der Waals surface area (Å²) in [5.41, 5.74) is 4.35. The van der Waals surface area contributed by atoms with Gasteiger partial charge in [0.05, 0.1) is 0 Å². The average Bonchev–Trinajstić information content (AvgIpc) is 2.22. The Hall–Kier alpha value is -0.0800. The third-order valence-electron chi connectivity index (χ3n) is 2.59. The fourth-order valence-electron chi connectivity index (χ4n) is 1.96. The Balaban J connectivity index is 2.73. The highest BCUT2D eigenvalue weighted by Crippen LogP contribution is 2.31. The zero-order chi connectivity index (χ0) is 13.7. The smallest absolute Gasteiger partial charge is 0.0184 e. The van der Waals surface area contributed by atoms with E-state index in [9.17, 15) is 0 Å². The maximum atomic E-state index is 2.37. The lowest BCUT2D eigenvalue weighted by Gasteiger charge is -2.14. The Morgan fingerprint density at radius 3 is 2.00 bits per heavy atom. The number of thioether (sulfide) groups is 2. The average molecular weight is 283 g/mol. The van der Waals surface area contributed by atoms with Crippen LogP contribution in [0.4, 0.5) is 0 Å². The summed E-state index contributed by atoms with van der Waals surface area (Å²) in [5.74, 6) is 3.18. The van der Waals surface area contributed by atoms with E-state index in [0.717, 1.165) is 11.7 Å². The third kappa shape index (κ3) is 5.27. The summed E-state index contributed by atoms with van der Waals surface area (Å²) in [4.78, 5) is 1.47. The zero-order valence-electron chi connectivity index (χ0n) is 12.5. The molecule has 2 heteroatoms. The standard InChI is InChI=1S/C16H26S2/c1-11(2)9-17-10-15-7-13(5)16(14(6)8-15)18-12(3)4/h7-8,11-12H,9-10H2,1-6H3. The van der Waals surface area contributed by atoms with Crippen LogP contribution in [0.5, 0.6) is 0 Å². The molecule has 0 nitrogen and oxygen atoms in total. The largest absolute Gasteiger partial charge is 0.157 e. The zero-order valence-corrected chi connectivity index (χ0v) is 14.2. The molecule has 0 amide bonds. The Kier molecular flexibility index (Phi) is 6.65. The highest BCUT2D eigenvalue weighted by Gasteiger charge is 2.08. The second-order valence-electron chi connectivity index (χ2n) is 5.63. The first-order valence-electron chi connectivity index (χ1n) is 6.74. The molecule has 1 rings (SSSR count). The molecule has 0 radical (unpaired) electrons. The SMILES string of the molecule is Cc1cc(CSCC(C)C)cc(C)c1SC(C)C. The molecule has 0 bridgehead atoms. The van der Waals surface area contributed by atoms with Gasteiger partial charge in [-0.15, -0.1) is 11.8 Å². The van der Waals surface area contributed by atoms with Gasteiger partial charge in [-0.3, -0.25) is 0 Å². The summed E-state index contributed by atoms with van der Waals surface area (Å²) in [7, 11) is 0. The molecular formula is C16H26S2. The normalized spacial score (nSPS) is 11.6. The van der Waals surface area contributed by atoms with Crippen LogP contribution in [0, 0.1) is 19.8 Å². The molecule has 0 atom stereocenters. The molecule has 0 aromatic heterocycles. The van der Waals surface area contributed by atoms with Gasteiger partial charge in [0.1, 0.15) is 0 Å². The van der Waals surface area contributed by atoms with Crippen molar-refractivity contribution >= 4 is 23.5 Å². The predicted molar refractivity (Wildman–Crippen MR) is 87.9 cm³/mol. The molecular weight excluding hydrogens is 256 g/mol. The van der Waals surface area contributed by atoms with Crippen molar-refractivity contribution in [3.05, 3.63) is 28.8 Å². The van der Waals surface area contributed by atoms with Crippen LogP contribution < -0.4 is 0 Å². The van der Waals surface area contributed by atoms with Gasteiger partial charge in [-0.25, -0.2) is 0 Å². The molecule has 18 heavy (non-hydrogen) atoms. The number of hydrogen-bond donors (Lipinski definition) is 0. The summed E-state index contributed by atoms with van der Waals surface area (Å²) >= 11 is 4.03. The molecule has 1 aromatic carbocycles. The van der Waals surface area contributed by atoms with Gasteiger partial charge in [0.2, 0.25) is 0 Å². The Bertz CT molecular complexity index is 358. The maximum Gasteiger partial charge on any atom is 0.0184 e. The van der Waals surface area contributed by atoms with Crippen molar-refractivity contribution in [1.82, 2.24) is 0 Å². The Morgan fingerprint density at radius 2 is 1.56 bits per heavy atom. The topological polar surface area (TPSA) is 0 Å². The van der Waals surface area contributed by atoms with E-state index < -0.39 is 0 Å². The minimum atomic E-state index is 0.656. The van der Waals surface area contributed by atoms with E-state index in [-0.39, 0.29) is 0 Å². The second-order valence-corrected chi connectivity index (χ2v) is 8.25. The lowest BCUT2D eigenvalue weighted by atomic mass is 10.1. The van der Waals surface area contributed by atoms with Gasteiger partial charge >= 0.3 is 0 Å². The molecule has 0 saturated carbocycles. The molecule has 102 valence electrons. The number of aryl methyl sites for hydroxylation is 2. The molecule has 1 aromatic rings. The minimum absolute atomic E-state index is 0.656. The first-order chi connectivity index (χ1) is 8.40. The van der Waals surface area contributed by atoms with Crippen molar-refractivity contribution in [2.24, 2.45) is 5.92 Å². The molecule has 0 N–H and O–H groups in total. The van der Waals surface area contributed by atoms with Gasteiger partial charge in [-0.1, -0.05) is 39.8 Å². The first-order valence-corrected chi connectivity index (χ1v) is 8.78. The van der Waals surface area contributed by atoms with Crippen LogP contribution in [0.25, 0.3) is 0 Å².